The Labute approximate surface area is 186 Å². The Hall–Kier alpha value is -2.53. The predicted molar refractivity (Wildman–Crippen MR) is 129 cm³/mol. The Balaban J connectivity index is 1.26. The van der Waals surface area contributed by atoms with Gasteiger partial charge < -0.3 is 20.3 Å². The van der Waals surface area contributed by atoms with Gasteiger partial charge in [-0.2, -0.15) is 0 Å². The van der Waals surface area contributed by atoms with Crippen LogP contribution in [0, 0.1) is 18.8 Å². The molecule has 2 aliphatic heterocycles. The van der Waals surface area contributed by atoms with E-state index in [1.807, 2.05) is 7.05 Å². The lowest BCUT2D eigenvalue weighted by molar-refractivity contribution is -0.0265. The van der Waals surface area contributed by atoms with Gasteiger partial charge in [-0.25, -0.2) is 0 Å². The fourth-order valence-corrected chi connectivity index (χ4v) is 4.74. The minimum absolute atomic E-state index is 0.161. The predicted octanol–water partition coefficient (Wildman–Crippen LogP) is 4.15. The minimum atomic E-state index is 0.161. The van der Waals surface area contributed by atoms with E-state index in [2.05, 4.69) is 82.0 Å². The van der Waals surface area contributed by atoms with Crippen LogP contribution in [-0.2, 0) is 4.74 Å². The first-order chi connectivity index (χ1) is 15.2. The second-order valence-electron chi connectivity index (χ2n) is 8.87. The van der Waals surface area contributed by atoms with E-state index in [0.717, 1.165) is 45.2 Å². The Morgan fingerprint density at radius 3 is 2.58 bits per heavy atom. The number of anilines is 1. The van der Waals surface area contributed by atoms with Gasteiger partial charge in [-0.15, -0.1) is 0 Å². The number of hydrogen-bond donors (Lipinski definition) is 2. The summed E-state index contributed by atoms with van der Waals surface area (Å²) in [5.74, 6) is 1.98. The Bertz CT molecular complexity index is 836. The van der Waals surface area contributed by atoms with Gasteiger partial charge in [-0.05, 0) is 49.8 Å². The quantitative estimate of drug-likeness (QED) is 0.544. The molecule has 2 aromatic carbocycles. The highest BCUT2D eigenvalue weighted by molar-refractivity contribution is 5.79. The molecule has 0 amide bonds. The zero-order chi connectivity index (χ0) is 21.5. The van der Waals surface area contributed by atoms with Crippen molar-refractivity contribution in [2.45, 2.75) is 32.3 Å². The van der Waals surface area contributed by atoms with Crippen molar-refractivity contribution in [3.8, 4) is 0 Å². The highest BCUT2D eigenvalue weighted by Gasteiger charge is 2.28. The van der Waals surface area contributed by atoms with Crippen LogP contribution in [0.2, 0.25) is 0 Å². The molecule has 2 heterocycles. The Morgan fingerprint density at radius 1 is 1.03 bits per heavy atom. The molecule has 2 aromatic rings. The maximum atomic E-state index is 6.17. The zero-order valence-corrected chi connectivity index (χ0v) is 18.9. The highest BCUT2D eigenvalue weighted by atomic mass is 16.5. The van der Waals surface area contributed by atoms with E-state index in [-0.39, 0.29) is 6.10 Å². The first-order valence-corrected chi connectivity index (χ1v) is 11.7. The molecule has 2 saturated heterocycles. The molecule has 5 nitrogen and oxygen atoms in total. The number of hydrogen-bond acceptors (Lipinski definition) is 3. The van der Waals surface area contributed by atoms with Crippen LogP contribution in [0.3, 0.4) is 0 Å². The van der Waals surface area contributed by atoms with Gasteiger partial charge in [0.25, 0.3) is 0 Å². The van der Waals surface area contributed by atoms with Crippen LogP contribution in [0.25, 0.3) is 0 Å². The maximum Gasteiger partial charge on any atom is 0.190 e. The summed E-state index contributed by atoms with van der Waals surface area (Å²) in [5, 5.41) is 7.12. The lowest BCUT2D eigenvalue weighted by atomic mass is 9.89. The van der Waals surface area contributed by atoms with Crippen molar-refractivity contribution in [2.75, 3.05) is 44.7 Å². The van der Waals surface area contributed by atoms with E-state index in [9.17, 15) is 0 Å². The van der Waals surface area contributed by atoms with Crippen LogP contribution in [-0.4, -0.2) is 45.8 Å². The first-order valence-electron chi connectivity index (χ1n) is 11.7. The third-order valence-corrected chi connectivity index (χ3v) is 6.57. The number of aliphatic imine (C=N–C) groups is 1. The smallest absolute Gasteiger partial charge is 0.190 e. The third-order valence-electron chi connectivity index (χ3n) is 6.57. The molecule has 166 valence electrons. The molecule has 5 heteroatoms. The number of nitrogens with one attached hydrogen (secondary N) is 2. The van der Waals surface area contributed by atoms with Crippen molar-refractivity contribution in [3.05, 3.63) is 65.7 Å². The van der Waals surface area contributed by atoms with Gasteiger partial charge in [0.1, 0.15) is 0 Å². The maximum absolute atomic E-state index is 6.17. The van der Waals surface area contributed by atoms with Crippen molar-refractivity contribution < 1.29 is 4.74 Å². The van der Waals surface area contributed by atoms with Crippen LogP contribution in [0.4, 0.5) is 5.69 Å². The van der Waals surface area contributed by atoms with Crippen molar-refractivity contribution in [2.24, 2.45) is 16.8 Å². The molecule has 0 radical (unpaired) electrons. The molecule has 3 unspecified atom stereocenters. The van der Waals surface area contributed by atoms with Crippen LogP contribution < -0.4 is 15.5 Å². The molecule has 0 spiro atoms. The van der Waals surface area contributed by atoms with Gasteiger partial charge in [0.05, 0.1) is 6.10 Å². The van der Waals surface area contributed by atoms with E-state index in [4.69, 9.17) is 4.74 Å². The Morgan fingerprint density at radius 2 is 1.81 bits per heavy atom. The summed E-state index contributed by atoms with van der Waals surface area (Å²) in [7, 11) is 1.86. The van der Waals surface area contributed by atoms with Gasteiger partial charge in [-0.1, -0.05) is 48.0 Å². The van der Waals surface area contributed by atoms with Crippen molar-refractivity contribution >= 4 is 11.6 Å². The van der Waals surface area contributed by atoms with Gasteiger partial charge in [0.2, 0.25) is 0 Å². The molecule has 4 rings (SSSR count). The number of nitrogens with zero attached hydrogens (tertiary/aromatic N) is 2. The highest BCUT2D eigenvalue weighted by Crippen LogP contribution is 2.33. The summed E-state index contributed by atoms with van der Waals surface area (Å²) < 4.78 is 6.17. The Kier molecular flexibility index (Phi) is 7.47. The van der Waals surface area contributed by atoms with Gasteiger partial charge in [0.15, 0.2) is 5.96 Å². The zero-order valence-electron chi connectivity index (χ0n) is 18.9. The van der Waals surface area contributed by atoms with E-state index in [1.165, 1.54) is 29.7 Å². The summed E-state index contributed by atoms with van der Waals surface area (Å²) in [6.45, 7) is 7.02. The molecular formula is C26H36N4O. The molecule has 2 fully saturated rings. The summed E-state index contributed by atoms with van der Waals surface area (Å²) in [6.07, 6.45) is 3.68. The third kappa shape index (κ3) is 5.79. The molecule has 0 aliphatic carbocycles. The number of ether oxygens (including phenoxy) is 1. The van der Waals surface area contributed by atoms with Gasteiger partial charge in [0, 0.05) is 51.4 Å². The van der Waals surface area contributed by atoms with Gasteiger partial charge in [-0.3, -0.25) is 4.99 Å². The average molecular weight is 421 g/mol. The fraction of sp³-hybridized carbons (Fsp3) is 0.500. The molecule has 0 saturated carbocycles. The first kappa shape index (κ1) is 21.7. The summed E-state index contributed by atoms with van der Waals surface area (Å²) in [5.41, 5.74) is 3.90. The monoisotopic (exact) mass is 420 g/mol. The van der Waals surface area contributed by atoms with Crippen LogP contribution >= 0.6 is 0 Å². The molecule has 0 aromatic heterocycles. The van der Waals surface area contributed by atoms with Crippen molar-refractivity contribution in [1.82, 2.24) is 10.6 Å². The number of aryl methyl sites for hydroxylation is 1. The molecular weight excluding hydrogens is 384 g/mol. The molecule has 2 N–H and O–H groups in total. The van der Waals surface area contributed by atoms with Crippen LogP contribution in [0.5, 0.6) is 0 Å². The molecule has 31 heavy (non-hydrogen) atoms. The fourth-order valence-electron chi connectivity index (χ4n) is 4.74. The molecule has 3 atom stereocenters. The molecule has 0 bridgehead atoms. The minimum Gasteiger partial charge on any atom is -0.373 e. The lowest BCUT2D eigenvalue weighted by Gasteiger charge is -2.32. The summed E-state index contributed by atoms with van der Waals surface area (Å²) in [4.78, 5) is 6.94. The van der Waals surface area contributed by atoms with E-state index in [1.54, 1.807) is 0 Å². The van der Waals surface area contributed by atoms with Crippen molar-refractivity contribution in [3.63, 3.8) is 0 Å². The average Bonchev–Trinajstić information content (AvgIpc) is 3.30. The standard InChI is InChI=1S/C26H36N4O/c1-20-10-12-22(13-11-20)25-23(7-6-16-31-25)18-29-26(27-2)28-17-21-14-15-30(19-21)24-8-4-3-5-9-24/h3-5,8-13,21,23,25H,6-7,14-19H2,1-2H3,(H2,27,28,29). The SMILES string of the molecule is CN=C(NCC1CCN(c2ccccc2)C1)NCC1CCCOC1c1ccc(C)cc1. The second-order valence-corrected chi connectivity index (χ2v) is 8.87. The molecule has 2 aliphatic rings. The summed E-state index contributed by atoms with van der Waals surface area (Å²) >= 11 is 0. The lowest BCUT2D eigenvalue weighted by Crippen LogP contribution is -2.43. The van der Waals surface area contributed by atoms with E-state index < -0.39 is 0 Å². The van der Waals surface area contributed by atoms with Crippen LogP contribution in [0.15, 0.2) is 59.6 Å². The largest absolute Gasteiger partial charge is 0.373 e. The number of benzene rings is 2. The number of para-hydroxylation sites is 1. The topological polar surface area (TPSA) is 48.9 Å². The van der Waals surface area contributed by atoms with Gasteiger partial charge >= 0.3 is 0 Å². The van der Waals surface area contributed by atoms with Crippen molar-refractivity contribution in [1.29, 1.82) is 0 Å². The van der Waals surface area contributed by atoms with E-state index >= 15 is 0 Å². The normalized spacial score (nSPS) is 24.3. The van der Waals surface area contributed by atoms with E-state index in [0.29, 0.717) is 11.8 Å². The number of guanidine groups is 1. The second kappa shape index (κ2) is 10.7. The number of rotatable bonds is 6. The van der Waals surface area contributed by atoms with Crippen LogP contribution in [0.1, 0.15) is 36.5 Å². The summed E-state index contributed by atoms with van der Waals surface area (Å²) in [6, 6.07) is 19.5.